The van der Waals surface area contributed by atoms with Gasteiger partial charge >= 0.3 is 0 Å². The monoisotopic (exact) mass is 555 g/mol. The summed E-state index contributed by atoms with van der Waals surface area (Å²) in [7, 11) is 0. The summed E-state index contributed by atoms with van der Waals surface area (Å²) in [5.41, 5.74) is 3.05. The second kappa shape index (κ2) is 14.8. The number of anilines is 1. The number of benzene rings is 3. The van der Waals surface area contributed by atoms with Crippen molar-refractivity contribution in [2.75, 3.05) is 44.4 Å². The van der Waals surface area contributed by atoms with Gasteiger partial charge in [0.2, 0.25) is 0 Å². The van der Waals surface area contributed by atoms with Gasteiger partial charge in [0.15, 0.2) is 0 Å². The lowest BCUT2D eigenvalue weighted by molar-refractivity contribution is 0.0371. The maximum absolute atomic E-state index is 13.8. The number of rotatable bonds is 11. The molecule has 1 atom stereocenters. The molecule has 1 N–H and O–H groups in total. The maximum atomic E-state index is 13.8. The standard InChI is InChI=1S/C34H41N3O4/c38-33(29-17-7-9-19-31(29)41-24-11-2-1-10-21-36-22-25-40-26-23-36)35-32-20-12-16-27-13-6-8-18-30(27)37(32)34(39)28-14-4-3-5-15-28/h3-9,13-15,17-19,32H,1-2,10-12,16,20-26H2,(H,35,38). The van der Waals surface area contributed by atoms with Crippen LogP contribution in [0.25, 0.3) is 0 Å². The Morgan fingerprint density at radius 2 is 1.59 bits per heavy atom. The molecule has 1 unspecified atom stereocenters. The maximum Gasteiger partial charge on any atom is 0.259 e. The predicted molar refractivity (Wildman–Crippen MR) is 162 cm³/mol. The number of morpholine rings is 1. The number of amides is 2. The van der Waals surface area contributed by atoms with Crippen molar-refractivity contribution in [3.63, 3.8) is 0 Å². The molecule has 216 valence electrons. The highest BCUT2D eigenvalue weighted by Crippen LogP contribution is 2.31. The molecular weight excluding hydrogens is 514 g/mol. The Labute approximate surface area is 243 Å². The highest BCUT2D eigenvalue weighted by Gasteiger charge is 2.31. The zero-order valence-corrected chi connectivity index (χ0v) is 23.8. The van der Waals surface area contributed by atoms with E-state index in [1.807, 2.05) is 66.7 Å². The Morgan fingerprint density at radius 3 is 2.44 bits per heavy atom. The predicted octanol–water partition coefficient (Wildman–Crippen LogP) is 5.70. The van der Waals surface area contributed by atoms with Crippen LogP contribution >= 0.6 is 0 Å². The summed E-state index contributed by atoms with van der Waals surface area (Å²) in [6.45, 7) is 5.45. The molecule has 7 nitrogen and oxygen atoms in total. The first-order valence-electron chi connectivity index (χ1n) is 15.0. The first-order valence-corrected chi connectivity index (χ1v) is 15.0. The van der Waals surface area contributed by atoms with Crippen molar-refractivity contribution in [3.05, 3.63) is 95.6 Å². The Kier molecular flexibility index (Phi) is 10.4. The summed E-state index contributed by atoms with van der Waals surface area (Å²) in [6, 6.07) is 24.6. The van der Waals surface area contributed by atoms with Crippen molar-refractivity contribution in [3.8, 4) is 5.75 Å². The van der Waals surface area contributed by atoms with E-state index in [0.29, 0.717) is 29.9 Å². The summed E-state index contributed by atoms with van der Waals surface area (Å²) in [5.74, 6) is 0.220. The van der Waals surface area contributed by atoms with Gasteiger partial charge in [-0.05, 0) is 74.5 Å². The highest BCUT2D eigenvalue weighted by atomic mass is 16.5. The first kappa shape index (κ1) is 28.8. The fourth-order valence-corrected chi connectivity index (χ4v) is 5.65. The minimum Gasteiger partial charge on any atom is -0.493 e. The lowest BCUT2D eigenvalue weighted by Gasteiger charge is -2.32. The smallest absolute Gasteiger partial charge is 0.259 e. The molecule has 0 spiro atoms. The number of nitrogens with one attached hydrogen (secondary N) is 1. The average Bonchev–Trinajstić information content (AvgIpc) is 3.20. The largest absolute Gasteiger partial charge is 0.493 e. The molecule has 2 amide bonds. The lowest BCUT2D eigenvalue weighted by Crippen LogP contribution is -2.51. The van der Waals surface area contributed by atoms with Gasteiger partial charge in [-0.3, -0.25) is 19.4 Å². The van der Waals surface area contributed by atoms with Gasteiger partial charge in [0, 0.05) is 24.3 Å². The van der Waals surface area contributed by atoms with E-state index in [2.05, 4.69) is 16.3 Å². The molecular formula is C34H41N3O4. The molecule has 1 saturated heterocycles. The topological polar surface area (TPSA) is 71.1 Å². The van der Waals surface area contributed by atoms with Crippen molar-refractivity contribution < 1.29 is 19.1 Å². The van der Waals surface area contributed by atoms with E-state index in [0.717, 1.165) is 76.2 Å². The van der Waals surface area contributed by atoms with Crippen molar-refractivity contribution in [1.29, 1.82) is 0 Å². The molecule has 0 aromatic heterocycles. The molecule has 5 rings (SSSR count). The lowest BCUT2D eigenvalue weighted by atomic mass is 10.1. The van der Waals surface area contributed by atoms with Crippen LogP contribution in [-0.4, -0.2) is 62.3 Å². The van der Waals surface area contributed by atoms with Crippen LogP contribution in [0, 0.1) is 0 Å². The van der Waals surface area contributed by atoms with Crippen molar-refractivity contribution in [2.24, 2.45) is 0 Å². The molecule has 2 heterocycles. The Bertz CT molecular complexity index is 1280. The summed E-state index contributed by atoms with van der Waals surface area (Å²) in [4.78, 5) is 31.7. The van der Waals surface area contributed by atoms with E-state index in [1.165, 1.54) is 6.42 Å². The number of hydrogen-bond donors (Lipinski definition) is 1. The number of carbonyl (C=O) groups excluding carboxylic acids is 2. The quantitative estimate of drug-likeness (QED) is 0.308. The zero-order chi connectivity index (χ0) is 28.3. The third-order valence-electron chi connectivity index (χ3n) is 7.89. The van der Waals surface area contributed by atoms with Crippen LogP contribution in [0.5, 0.6) is 5.75 Å². The van der Waals surface area contributed by atoms with Gasteiger partial charge in [-0.25, -0.2) is 0 Å². The first-order chi connectivity index (χ1) is 20.2. The van der Waals surface area contributed by atoms with Gasteiger partial charge in [0.25, 0.3) is 11.8 Å². The number of carbonyl (C=O) groups is 2. The summed E-state index contributed by atoms with van der Waals surface area (Å²) in [5, 5.41) is 3.18. The third kappa shape index (κ3) is 7.75. The van der Waals surface area contributed by atoms with Crippen LogP contribution in [0.15, 0.2) is 78.9 Å². The Morgan fingerprint density at radius 1 is 0.854 bits per heavy atom. The number of ether oxygens (including phenoxy) is 2. The zero-order valence-electron chi connectivity index (χ0n) is 23.8. The normalized spacial score (nSPS) is 17.4. The van der Waals surface area contributed by atoms with Gasteiger partial charge in [-0.2, -0.15) is 0 Å². The number of unbranched alkanes of at least 4 members (excludes halogenated alkanes) is 3. The van der Waals surface area contributed by atoms with Gasteiger partial charge in [-0.15, -0.1) is 0 Å². The van der Waals surface area contributed by atoms with Crippen molar-refractivity contribution in [1.82, 2.24) is 10.2 Å². The fourth-order valence-electron chi connectivity index (χ4n) is 5.65. The molecule has 2 aliphatic heterocycles. The van der Waals surface area contributed by atoms with Gasteiger partial charge in [0.05, 0.1) is 25.4 Å². The SMILES string of the molecule is O=C(NC1CCCc2ccccc2N1C(=O)c1ccccc1)c1ccccc1OCCCCCCN1CCOCC1. The highest BCUT2D eigenvalue weighted by molar-refractivity contribution is 6.07. The van der Waals surface area contributed by atoms with Crippen LogP contribution < -0.4 is 15.0 Å². The van der Waals surface area contributed by atoms with Crippen LogP contribution in [0.4, 0.5) is 5.69 Å². The second-order valence-electron chi connectivity index (χ2n) is 10.8. The van der Waals surface area contributed by atoms with E-state index in [-0.39, 0.29) is 11.8 Å². The van der Waals surface area contributed by atoms with E-state index < -0.39 is 6.17 Å². The van der Waals surface area contributed by atoms with Crippen LogP contribution in [0.3, 0.4) is 0 Å². The number of nitrogens with zero attached hydrogens (tertiary/aromatic N) is 2. The van der Waals surface area contributed by atoms with Crippen molar-refractivity contribution in [2.45, 2.75) is 51.1 Å². The average molecular weight is 556 g/mol. The second-order valence-corrected chi connectivity index (χ2v) is 10.8. The Hall–Kier alpha value is -3.68. The fraction of sp³-hybridized carbons (Fsp3) is 0.412. The van der Waals surface area contributed by atoms with Gasteiger partial charge < -0.3 is 14.8 Å². The third-order valence-corrected chi connectivity index (χ3v) is 7.89. The molecule has 3 aromatic rings. The summed E-state index contributed by atoms with van der Waals surface area (Å²) >= 11 is 0. The van der Waals surface area contributed by atoms with E-state index in [9.17, 15) is 9.59 Å². The van der Waals surface area contributed by atoms with E-state index in [1.54, 1.807) is 11.0 Å². The van der Waals surface area contributed by atoms with Crippen LogP contribution in [-0.2, 0) is 11.2 Å². The van der Waals surface area contributed by atoms with E-state index in [4.69, 9.17) is 9.47 Å². The number of para-hydroxylation sites is 2. The van der Waals surface area contributed by atoms with Gasteiger partial charge in [-0.1, -0.05) is 61.4 Å². The molecule has 7 heteroatoms. The minimum absolute atomic E-state index is 0.122. The molecule has 0 radical (unpaired) electrons. The van der Waals surface area contributed by atoms with Crippen LogP contribution in [0.1, 0.15) is 64.8 Å². The minimum atomic E-state index is -0.474. The molecule has 0 aliphatic carbocycles. The molecule has 2 aliphatic rings. The van der Waals surface area contributed by atoms with Crippen LogP contribution in [0.2, 0.25) is 0 Å². The number of fused-ring (bicyclic) bond motifs is 1. The summed E-state index contributed by atoms with van der Waals surface area (Å²) in [6.07, 6.45) is 6.29. The van der Waals surface area contributed by atoms with Crippen molar-refractivity contribution >= 4 is 17.5 Å². The molecule has 1 fully saturated rings. The molecule has 3 aromatic carbocycles. The van der Waals surface area contributed by atoms with Gasteiger partial charge in [0.1, 0.15) is 11.9 Å². The molecule has 0 bridgehead atoms. The number of hydrogen-bond acceptors (Lipinski definition) is 5. The Balaban J connectivity index is 1.21. The number of aryl methyl sites for hydroxylation is 1. The molecule has 41 heavy (non-hydrogen) atoms. The van der Waals surface area contributed by atoms with E-state index >= 15 is 0 Å². The summed E-state index contributed by atoms with van der Waals surface area (Å²) < 4.78 is 11.5. The molecule has 0 saturated carbocycles.